The topological polar surface area (TPSA) is 91.0 Å². The minimum absolute atomic E-state index is 0.717. The molecule has 6 nitrogen and oxygen atoms in total. The second-order valence-corrected chi connectivity index (χ2v) is 1.98. The number of carbonyl (C=O) groups excluding carboxylic acids is 2. The third kappa shape index (κ3) is 3.67. The number of esters is 2. The smallest absolute Gasteiger partial charge is 0.389 e. The molecule has 12 heavy (non-hydrogen) atoms. The molecule has 0 saturated heterocycles. The lowest BCUT2D eigenvalue weighted by Crippen LogP contribution is -2.45. The van der Waals surface area contributed by atoms with Gasteiger partial charge in [-0.05, 0) is 6.72 Å². The Hall–Kier alpha value is -1.43. The predicted octanol–water partition coefficient (Wildman–Crippen LogP) is -0.617. The van der Waals surface area contributed by atoms with E-state index in [1.807, 2.05) is 0 Å². The van der Waals surface area contributed by atoms with Gasteiger partial charge in [0.1, 0.15) is 0 Å². The fourth-order valence-corrected chi connectivity index (χ4v) is 0.497. The molecule has 0 aromatic heterocycles. The third-order valence-corrected chi connectivity index (χ3v) is 0.800. The van der Waals surface area contributed by atoms with Crippen LogP contribution in [-0.4, -0.2) is 24.7 Å². The summed E-state index contributed by atoms with van der Waals surface area (Å²) < 4.78 is 8.73. The van der Waals surface area contributed by atoms with Crippen LogP contribution in [0.4, 0.5) is 0 Å². The van der Waals surface area contributed by atoms with Crippen molar-refractivity contribution in [3.63, 3.8) is 0 Å². The number of rotatable bonds is 3. The highest BCUT2D eigenvalue weighted by Crippen LogP contribution is 2.06. The maximum Gasteiger partial charge on any atom is 0.427 e. The molecular formula is C6H10N2O4. The third-order valence-electron chi connectivity index (χ3n) is 0.800. The van der Waals surface area contributed by atoms with Gasteiger partial charge in [-0.3, -0.25) is 9.59 Å². The average molecular weight is 174 g/mol. The van der Waals surface area contributed by atoms with Gasteiger partial charge in [0.05, 0.1) is 0 Å². The second-order valence-electron chi connectivity index (χ2n) is 1.98. The van der Waals surface area contributed by atoms with Gasteiger partial charge < -0.3 is 9.47 Å². The molecule has 0 fully saturated rings. The lowest BCUT2D eigenvalue weighted by atomic mass is 10.7. The van der Waals surface area contributed by atoms with Gasteiger partial charge in [-0.15, -0.1) is 0 Å². The zero-order valence-electron chi connectivity index (χ0n) is 6.86. The highest BCUT2D eigenvalue weighted by Gasteiger charge is 2.30. The molecule has 2 N–H and O–H groups in total. The molecule has 6 heteroatoms. The Morgan fingerprint density at radius 2 is 1.67 bits per heavy atom. The number of aliphatic imine (C=N–C) groups is 1. The summed E-state index contributed by atoms with van der Waals surface area (Å²) >= 11 is 0. The van der Waals surface area contributed by atoms with Crippen LogP contribution in [-0.2, 0) is 19.1 Å². The molecule has 0 heterocycles. The van der Waals surface area contributed by atoms with E-state index in [0.717, 1.165) is 13.8 Å². The summed E-state index contributed by atoms with van der Waals surface area (Å²) in [5.41, 5.74) is 5.18. The summed E-state index contributed by atoms with van der Waals surface area (Å²) in [5.74, 6) is -1.43. The molecule has 0 spiro atoms. The summed E-state index contributed by atoms with van der Waals surface area (Å²) in [6.45, 7) is 5.22. The van der Waals surface area contributed by atoms with E-state index in [1.165, 1.54) is 0 Å². The van der Waals surface area contributed by atoms with Crippen LogP contribution in [0.2, 0.25) is 0 Å². The summed E-state index contributed by atoms with van der Waals surface area (Å²) in [6.07, 6.45) is 0. The van der Waals surface area contributed by atoms with Crippen molar-refractivity contribution < 1.29 is 19.1 Å². The van der Waals surface area contributed by atoms with E-state index >= 15 is 0 Å². The Morgan fingerprint density at radius 3 is 1.83 bits per heavy atom. The van der Waals surface area contributed by atoms with Crippen LogP contribution in [0.15, 0.2) is 4.99 Å². The Balaban J connectivity index is 4.33. The van der Waals surface area contributed by atoms with Crippen molar-refractivity contribution in [2.24, 2.45) is 10.7 Å². The van der Waals surface area contributed by atoms with Crippen molar-refractivity contribution in [3.8, 4) is 0 Å². The van der Waals surface area contributed by atoms with Crippen LogP contribution in [0.25, 0.3) is 0 Å². The van der Waals surface area contributed by atoms with Gasteiger partial charge in [0, 0.05) is 13.8 Å². The average Bonchev–Trinajstić information content (AvgIpc) is 1.83. The largest absolute Gasteiger partial charge is 0.427 e. The summed E-state index contributed by atoms with van der Waals surface area (Å²) in [5, 5.41) is 0. The molecule has 0 unspecified atom stereocenters. The molecule has 0 aromatic carbocycles. The fraction of sp³-hybridized carbons (Fsp3) is 0.500. The first-order valence-electron chi connectivity index (χ1n) is 3.05. The Morgan fingerprint density at radius 1 is 1.33 bits per heavy atom. The minimum atomic E-state index is -2.10. The van der Waals surface area contributed by atoms with Crippen LogP contribution >= 0.6 is 0 Å². The lowest BCUT2D eigenvalue weighted by molar-refractivity contribution is -0.220. The highest BCUT2D eigenvalue weighted by molar-refractivity contribution is 5.68. The van der Waals surface area contributed by atoms with Crippen LogP contribution in [0.3, 0.4) is 0 Å². The molecule has 0 aromatic rings. The van der Waals surface area contributed by atoms with Gasteiger partial charge in [-0.2, -0.15) is 0 Å². The molecule has 0 radical (unpaired) electrons. The monoisotopic (exact) mass is 174 g/mol. The van der Waals surface area contributed by atoms with Gasteiger partial charge in [0.25, 0.3) is 0 Å². The van der Waals surface area contributed by atoms with Gasteiger partial charge in [-0.25, -0.2) is 10.7 Å². The number of carbonyl (C=O) groups is 2. The van der Waals surface area contributed by atoms with E-state index in [9.17, 15) is 9.59 Å². The van der Waals surface area contributed by atoms with E-state index < -0.39 is 18.0 Å². The van der Waals surface area contributed by atoms with Gasteiger partial charge in [0.2, 0.25) is 0 Å². The van der Waals surface area contributed by atoms with Crippen molar-refractivity contribution in [2.45, 2.75) is 19.9 Å². The summed E-state index contributed by atoms with van der Waals surface area (Å²) in [7, 11) is 0. The van der Waals surface area contributed by atoms with Crippen LogP contribution in [0, 0.1) is 0 Å². The molecule has 0 rings (SSSR count). The Bertz CT molecular complexity index is 198. The molecule has 0 amide bonds. The van der Waals surface area contributed by atoms with Crippen molar-refractivity contribution in [1.29, 1.82) is 0 Å². The fourth-order valence-electron chi connectivity index (χ4n) is 0.497. The molecule has 0 bridgehead atoms. The van der Waals surface area contributed by atoms with Crippen LogP contribution in [0.5, 0.6) is 0 Å². The standard InChI is InChI=1S/C6H10N2O4/c1-4(9)11-6(7,8-3)12-5(2)10/h3,7H2,1-2H3. The van der Waals surface area contributed by atoms with E-state index in [2.05, 4.69) is 21.2 Å². The van der Waals surface area contributed by atoms with Gasteiger partial charge in [-0.1, -0.05) is 0 Å². The first-order chi connectivity index (χ1) is 5.39. The molecule has 0 aliphatic heterocycles. The normalized spacial score (nSPS) is 10.2. The first kappa shape index (κ1) is 10.6. The van der Waals surface area contributed by atoms with Crippen molar-refractivity contribution >= 4 is 18.7 Å². The van der Waals surface area contributed by atoms with E-state index in [-0.39, 0.29) is 0 Å². The molecule has 0 atom stereocenters. The second kappa shape index (κ2) is 3.82. The van der Waals surface area contributed by atoms with Crippen molar-refractivity contribution in [1.82, 2.24) is 0 Å². The maximum atomic E-state index is 10.4. The lowest BCUT2D eigenvalue weighted by Gasteiger charge is -2.21. The van der Waals surface area contributed by atoms with Crippen LogP contribution < -0.4 is 5.73 Å². The molecule has 0 aliphatic carbocycles. The molecule has 0 saturated carbocycles. The number of ether oxygens (including phenoxy) is 2. The molecule has 68 valence electrons. The summed E-state index contributed by atoms with van der Waals surface area (Å²) in [4.78, 5) is 24.0. The Kier molecular flexibility index (Phi) is 3.36. The number of hydrogen-bond donors (Lipinski definition) is 1. The van der Waals surface area contributed by atoms with E-state index in [1.54, 1.807) is 0 Å². The van der Waals surface area contributed by atoms with E-state index in [4.69, 9.17) is 5.73 Å². The maximum absolute atomic E-state index is 10.4. The summed E-state index contributed by atoms with van der Waals surface area (Å²) in [6, 6.07) is -2.10. The predicted molar refractivity (Wildman–Crippen MR) is 40.0 cm³/mol. The van der Waals surface area contributed by atoms with Gasteiger partial charge in [0.15, 0.2) is 0 Å². The minimum Gasteiger partial charge on any atom is -0.389 e. The Labute approximate surface area is 69.3 Å². The SMILES string of the molecule is C=NC(N)(OC(C)=O)OC(C)=O. The molecule has 0 aliphatic rings. The van der Waals surface area contributed by atoms with Gasteiger partial charge >= 0.3 is 18.0 Å². The van der Waals surface area contributed by atoms with Crippen LogP contribution in [0.1, 0.15) is 13.8 Å². The number of hydrogen-bond acceptors (Lipinski definition) is 6. The highest BCUT2D eigenvalue weighted by atomic mass is 16.8. The zero-order valence-corrected chi connectivity index (χ0v) is 6.86. The van der Waals surface area contributed by atoms with E-state index in [0.29, 0.717) is 0 Å². The number of nitrogens with zero attached hydrogens (tertiary/aromatic N) is 1. The zero-order chi connectivity index (χ0) is 9.78. The van der Waals surface area contributed by atoms with Crippen molar-refractivity contribution in [2.75, 3.05) is 0 Å². The quantitative estimate of drug-likeness (QED) is 0.350. The number of nitrogens with two attached hydrogens (primary N) is 1. The molecular weight excluding hydrogens is 164 g/mol. The van der Waals surface area contributed by atoms with Crippen molar-refractivity contribution in [3.05, 3.63) is 0 Å². The first-order valence-corrected chi connectivity index (χ1v) is 3.05.